The number of aliphatic hydroxyl groups is 1. The van der Waals surface area contributed by atoms with Crippen molar-refractivity contribution in [2.75, 3.05) is 6.61 Å². The first-order chi connectivity index (χ1) is 8.78. The van der Waals surface area contributed by atoms with Crippen molar-refractivity contribution in [3.8, 4) is 5.75 Å². The highest BCUT2D eigenvalue weighted by Gasteiger charge is 2.59. The number of nitrogens with two attached hydrogens (primary N) is 1. The fraction of sp³-hybridized carbons (Fsp3) is 0.538. The lowest BCUT2D eigenvalue weighted by Crippen LogP contribution is -2.54. The minimum absolute atomic E-state index is 0.117. The van der Waals surface area contributed by atoms with E-state index in [1.807, 2.05) is 0 Å². The maximum absolute atomic E-state index is 13.2. The molecule has 0 fully saturated rings. The highest BCUT2D eigenvalue weighted by atomic mass is 19.4. The van der Waals surface area contributed by atoms with Crippen LogP contribution in [-0.2, 0) is 12.0 Å². The summed E-state index contributed by atoms with van der Waals surface area (Å²) in [7, 11) is 0. The van der Waals surface area contributed by atoms with Crippen molar-refractivity contribution in [2.45, 2.75) is 37.6 Å². The highest BCUT2D eigenvalue weighted by Crippen LogP contribution is 2.46. The number of benzene rings is 1. The summed E-state index contributed by atoms with van der Waals surface area (Å²) in [5, 5.41) is 10.1. The van der Waals surface area contributed by atoms with Gasteiger partial charge < -0.3 is 15.6 Å². The molecule has 0 amide bonds. The van der Waals surface area contributed by atoms with Crippen molar-refractivity contribution in [3.63, 3.8) is 0 Å². The Labute approximate surface area is 109 Å². The standard InChI is InChI=1S/C13H16F3NO2/c1-8(17)12(18,13(14,15)16)10-6-2-4-9-5-3-7-19-11(9)10/h2,4,6,8,18H,3,5,7,17H2,1H3. The van der Waals surface area contributed by atoms with Gasteiger partial charge in [-0.1, -0.05) is 18.2 Å². The van der Waals surface area contributed by atoms with Crippen LogP contribution in [0.4, 0.5) is 13.2 Å². The fourth-order valence-electron chi connectivity index (χ4n) is 2.35. The van der Waals surface area contributed by atoms with Crippen LogP contribution in [0, 0.1) is 0 Å². The molecule has 1 aromatic carbocycles. The van der Waals surface area contributed by atoms with Crippen molar-refractivity contribution in [3.05, 3.63) is 29.3 Å². The number of rotatable bonds is 2. The van der Waals surface area contributed by atoms with E-state index in [1.165, 1.54) is 12.1 Å². The van der Waals surface area contributed by atoms with Gasteiger partial charge in [-0.15, -0.1) is 0 Å². The predicted molar refractivity (Wildman–Crippen MR) is 63.9 cm³/mol. The molecular weight excluding hydrogens is 259 g/mol. The summed E-state index contributed by atoms with van der Waals surface area (Å²) in [6, 6.07) is 2.92. The molecule has 0 aliphatic carbocycles. The molecule has 2 atom stereocenters. The quantitative estimate of drug-likeness (QED) is 0.869. The van der Waals surface area contributed by atoms with Crippen LogP contribution in [0.1, 0.15) is 24.5 Å². The molecule has 1 heterocycles. The Kier molecular flexibility index (Phi) is 3.49. The first-order valence-electron chi connectivity index (χ1n) is 6.08. The molecule has 6 heteroatoms. The maximum Gasteiger partial charge on any atom is 0.423 e. The lowest BCUT2D eigenvalue weighted by atomic mass is 9.84. The summed E-state index contributed by atoms with van der Waals surface area (Å²) >= 11 is 0. The second kappa shape index (κ2) is 4.68. The van der Waals surface area contributed by atoms with E-state index in [1.54, 1.807) is 6.07 Å². The molecule has 1 aromatic rings. The van der Waals surface area contributed by atoms with E-state index in [2.05, 4.69) is 0 Å². The van der Waals surface area contributed by atoms with Gasteiger partial charge in [-0.2, -0.15) is 13.2 Å². The number of ether oxygens (including phenoxy) is 1. The summed E-state index contributed by atoms with van der Waals surface area (Å²) in [5.74, 6) is 0.117. The van der Waals surface area contributed by atoms with Gasteiger partial charge in [-0.3, -0.25) is 0 Å². The number of alkyl halides is 3. The number of halogens is 3. The zero-order valence-electron chi connectivity index (χ0n) is 10.5. The largest absolute Gasteiger partial charge is 0.493 e. The molecule has 3 N–H and O–H groups in total. The predicted octanol–water partition coefficient (Wildman–Crippen LogP) is 2.11. The first kappa shape index (κ1) is 14.1. The van der Waals surface area contributed by atoms with Crippen molar-refractivity contribution in [1.29, 1.82) is 0 Å². The Bertz CT molecular complexity index is 473. The van der Waals surface area contributed by atoms with Crippen LogP contribution in [0.5, 0.6) is 5.75 Å². The molecule has 0 saturated heterocycles. The molecule has 1 aliphatic rings. The molecular formula is C13H16F3NO2. The lowest BCUT2D eigenvalue weighted by molar-refractivity contribution is -0.273. The maximum atomic E-state index is 13.2. The summed E-state index contributed by atoms with van der Waals surface area (Å²) in [5.41, 5.74) is 2.67. The Morgan fingerprint density at radius 1 is 1.37 bits per heavy atom. The second-order valence-electron chi connectivity index (χ2n) is 4.80. The van der Waals surface area contributed by atoms with Crippen molar-refractivity contribution < 1.29 is 23.0 Å². The average Bonchev–Trinajstić information content (AvgIpc) is 2.35. The van der Waals surface area contributed by atoms with Gasteiger partial charge >= 0.3 is 6.18 Å². The Morgan fingerprint density at radius 3 is 2.63 bits per heavy atom. The molecule has 0 radical (unpaired) electrons. The second-order valence-corrected chi connectivity index (χ2v) is 4.80. The molecule has 3 nitrogen and oxygen atoms in total. The number of hydrogen-bond acceptors (Lipinski definition) is 3. The van der Waals surface area contributed by atoms with Crippen LogP contribution in [0.15, 0.2) is 18.2 Å². The van der Waals surface area contributed by atoms with Crippen molar-refractivity contribution >= 4 is 0 Å². The van der Waals surface area contributed by atoms with Gasteiger partial charge in [0.15, 0.2) is 0 Å². The molecule has 19 heavy (non-hydrogen) atoms. The monoisotopic (exact) mass is 275 g/mol. The van der Waals surface area contributed by atoms with Crippen LogP contribution in [0.2, 0.25) is 0 Å². The third kappa shape index (κ3) is 2.19. The minimum Gasteiger partial charge on any atom is -0.493 e. The van der Waals surface area contributed by atoms with Gasteiger partial charge in [0.1, 0.15) is 5.75 Å². The third-order valence-electron chi connectivity index (χ3n) is 3.44. The number of fused-ring (bicyclic) bond motifs is 1. The van der Waals surface area contributed by atoms with E-state index in [-0.39, 0.29) is 11.3 Å². The molecule has 106 valence electrons. The Hall–Kier alpha value is -1.27. The molecule has 0 spiro atoms. The summed E-state index contributed by atoms with van der Waals surface area (Å²) in [6.45, 7) is 1.48. The molecule has 2 rings (SSSR count). The van der Waals surface area contributed by atoms with Crippen LogP contribution in [0.3, 0.4) is 0 Å². The topological polar surface area (TPSA) is 55.5 Å². The number of hydrogen-bond donors (Lipinski definition) is 2. The van der Waals surface area contributed by atoms with E-state index in [0.717, 1.165) is 13.3 Å². The zero-order valence-corrected chi connectivity index (χ0v) is 10.5. The summed E-state index contributed by atoms with van der Waals surface area (Å²) in [4.78, 5) is 0. The molecule has 0 aromatic heterocycles. The van der Waals surface area contributed by atoms with E-state index in [4.69, 9.17) is 10.5 Å². The van der Waals surface area contributed by atoms with Gasteiger partial charge in [0.25, 0.3) is 0 Å². The van der Waals surface area contributed by atoms with E-state index >= 15 is 0 Å². The lowest BCUT2D eigenvalue weighted by Gasteiger charge is -2.36. The van der Waals surface area contributed by atoms with Gasteiger partial charge in [0.05, 0.1) is 6.61 Å². The van der Waals surface area contributed by atoms with Gasteiger partial charge in [-0.05, 0) is 25.3 Å². The summed E-state index contributed by atoms with van der Waals surface area (Å²) in [6.07, 6.45) is -3.48. The van der Waals surface area contributed by atoms with Crippen LogP contribution < -0.4 is 10.5 Å². The Morgan fingerprint density at radius 2 is 2.05 bits per heavy atom. The third-order valence-corrected chi connectivity index (χ3v) is 3.44. The van der Waals surface area contributed by atoms with Crippen molar-refractivity contribution in [1.82, 2.24) is 0 Å². The molecule has 0 saturated carbocycles. The van der Waals surface area contributed by atoms with E-state index < -0.39 is 17.8 Å². The Balaban J connectivity index is 2.61. The van der Waals surface area contributed by atoms with E-state index in [9.17, 15) is 18.3 Å². The normalized spacial score (nSPS) is 20.1. The van der Waals surface area contributed by atoms with Crippen LogP contribution in [-0.4, -0.2) is 23.9 Å². The minimum atomic E-state index is -4.86. The summed E-state index contributed by atoms with van der Waals surface area (Å²) < 4.78 is 45.0. The van der Waals surface area contributed by atoms with Crippen molar-refractivity contribution in [2.24, 2.45) is 5.73 Å². The SMILES string of the molecule is CC(N)C(O)(c1cccc2c1OCCC2)C(F)(F)F. The van der Waals surface area contributed by atoms with Crippen LogP contribution in [0.25, 0.3) is 0 Å². The zero-order chi connectivity index (χ0) is 14.3. The smallest absolute Gasteiger partial charge is 0.423 e. The van der Waals surface area contributed by atoms with Crippen LogP contribution >= 0.6 is 0 Å². The highest BCUT2D eigenvalue weighted by molar-refractivity contribution is 5.47. The average molecular weight is 275 g/mol. The number of para-hydroxylation sites is 1. The molecule has 0 bridgehead atoms. The molecule has 1 aliphatic heterocycles. The fourth-order valence-corrected chi connectivity index (χ4v) is 2.35. The van der Waals surface area contributed by atoms with E-state index in [0.29, 0.717) is 18.6 Å². The molecule has 2 unspecified atom stereocenters. The van der Waals surface area contributed by atoms with Gasteiger partial charge in [0.2, 0.25) is 5.60 Å². The first-order valence-corrected chi connectivity index (χ1v) is 6.08. The van der Waals surface area contributed by atoms with Gasteiger partial charge in [0, 0.05) is 11.6 Å². The van der Waals surface area contributed by atoms with Gasteiger partial charge in [-0.25, -0.2) is 0 Å². The number of aryl methyl sites for hydroxylation is 1.